The molecule has 0 saturated heterocycles. The van der Waals surface area contributed by atoms with Crippen LogP contribution in [0, 0.1) is 5.41 Å². The number of carboxylic acid groups (broad SMARTS) is 1. The fourth-order valence-electron chi connectivity index (χ4n) is 2.24. The van der Waals surface area contributed by atoms with E-state index in [2.05, 4.69) is 5.32 Å². The lowest BCUT2D eigenvalue weighted by molar-refractivity contribution is -0.138. The van der Waals surface area contributed by atoms with Crippen LogP contribution < -0.4 is 11.1 Å². The van der Waals surface area contributed by atoms with Gasteiger partial charge in [-0.05, 0) is 31.1 Å². The smallest absolute Gasteiger partial charge is 0.305 e. The molecule has 1 amide bonds. The van der Waals surface area contributed by atoms with Gasteiger partial charge in [0, 0.05) is 6.04 Å². The van der Waals surface area contributed by atoms with E-state index in [9.17, 15) is 9.59 Å². The minimum absolute atomic E-state index is 0.0330. The van der Waals surface area contributed by atoms with E-state index in [1.807, 2.05) is 20.8 Å². The molecule has 1 aliphatic carbocycles. The van der Waals surface area contributed by atoms with Crippen LogP contribution in [0.4, 0.5) is 0 Å². The molecule has 0 radical (unpaired) electrons. The quantitative estimate of drug-likeness (QED) is 0.690. The molecule has 0 aromatic rings. The van der Waals surface area contributed by atoms with Crippen LogP contribution in [0.15, 0.2) is 0 Å². The van der Waals surface area contributed by atoms with Crippen molar-refractivity contribution in [2.75, 3.05) is 0 Å². The maximum atomic E-state index is 12.0. The fraction of sp³-hybridized carbons (Fsp3) is 0.846. The molecule has 0 bridgehead atoms. The van der Waals surface area contributed by atoms with Crippen LogP contribution in [0.25, 0.3) is 0 Å². The van der Waals surface area contributed by atoms with Crippen LogP contribution in [0.2, 0.25) is 0 Å². The normalized spacial score (nSPS) is 19.8. The van der Waals surface area contributed by atoms with Crippen molar-refractivity contribution in [3.8, 4) is 0 Å². The fourth-order valence-corrected chi connectivity index (χ4v) is 2.24. The number of hydrogen-bond acceptors (Lipinski definition) is 3. The van der Waals surface area contributed by atoms with E-state index >= 15 is 0 Å². The van der Waals surface area contributed by atoms with E-state index in [4.69, 9.17) is 10.8 Å². The number of rotatable bonds is 5. The lowest BCUT2D eigenvalue weighted by Gasteiger charge is -2.38. The molecule has 0 aliphatic heterocycles. The van der Waals surface area contributed by atoms with Crippen LogP contribution in [0.1, 0.15) is 52.9 Å². The second-order valence-corrected chi connectivity index (χ2v) is 6.54. The third-order valence-corrected chi connectivity index (χ3v) is 3.31. The van der Waals surface area contributed by atoms with Gasteiger partial charge in [-0.3, -0.25) is 9.59 Å². The molecule has 0 spiro atoms. The third kappa shape index (κ3) is 4.29. The van der Waals surface area contributed by atoms with Crippen LogP contribution >= 0.6 is 0 Å². The predicted molar refractivity (Wildman–Crippen MR) is 69.0 cm³/mol. The van der Waals surface area contributed by atoms with E-state index in [0.29, 0.717) is 19.3 Å². The Morgan fingerprint density at radius 3 is 2.28 bits per heavy atom. The van der Waals surface area contributed by atoms with Crippen molar-refractivity contribution in [2.24, 2.45) is 11.1 Å². The number of nitrogens with one attached hydrogen (secondary N) is 1. The summed E-state index contributed by atoms with van der Waals surface area (Å²) in [4.78, 5) is 22.8. The van der Waals surface area contributed by atoms with Crippen LogP contribution in [0.3, 0.4) is 0 Å². The summed E-state index contributed by atoms with van der Waals surface area (Å²) in [6, 6.07) is -0.351. The maximum Gasteiger partial charge on any atom is 0.305 e. The molecule has 1 aliphatic rings. The van der Waals surface area contributed by atoms with E-state index in [1.165, 1.54) is 0 Å². The molecule has 5 heteroatoms. The zero-order chi connectivity index (χ0) is 14.0. The van der Waals surface area contributed by atoms with Gasteiger partial charge in [0.25, 0.3) is 0 Å². The molecule has 0 heterocycles. The van der Waals surface area contributed by atoms with E-state index in [-0.39, 0.29) is 23.8 Å². The van der Waals surface area contributed by atoms with Gasteiger partial charge in [-0.2, -0.15) is 0 Å². The number of carbonyl (C=O) groups is 2. The Bertz CT molecular complexity index is 330. The summed E-state index contributed by atoms with van der Waals surface area (Å²) in [5.74, 6) is -1.10. The summed E-state index contributed by atoms with van der Waals surface area (Å²) in [6.45, 7) is 6.07. The average Bonchev–Trinajstić information content (AvgIpc) is 2.09. The summed E-state index contributed by atoms with van der Waals surface area (Å²) in [5, 5.41) is 11.7. The Kier molecular flexibility index (Phi) is 4.37. The average molecular weight is 256 g/mol. The van der Waals surface area contributed by atoms with Crippen molar-refractivity contribution in [1.29, 1.82) is 0 Å². The van der Waals surface area contributed by atoms with Gasteiger partial charge in [0.05, 0.1) is 12.0 Å². The van der Waals surface area contributed by atoms with Crippen LogP contribution in [-0.4, -0.2) is 28.6 Å². The Balaban J connectivity index is 2.60. The summed E-state index contributed by atoms with van der Waals surface area (Å²) < 4.78 is 0. The highest BCUT2D eigenvalue weighted by Crippen LogP contribution is 2.30. The maximum absolute atomic E-state index is 12.0. The van der Waals surface area contributed by atoms with E-state index in [1.54, 1.807) is 0 Å². The zero-order valence-corrected chi connectivity index (χ0v) is 11.5. The van der Waals surface area contributed by atoms with E-state index < -0.39 is 11.5 Å². The second kappa shape index (κ2) is 5.26. The van der Waals surface area contributed by atoms with Gasteiger partial charge in [0.1, 0.15) is 0 Å². The third-order valence-electron chi connectivity index (χ3n) is 3.31. The number of nitrogens with two attached hydrogens (primary N) is 1. The molecule has 5 nitrogen and oxygen atoms in total. The largest absolute Gasteiger partial charge is 0.481 e. The van der Waals surface area contributed by atoms with Crippen molar-refractivity contribution >= 4 is 11.9 Å². The zero-order valence-electron chi connectivity index (χ0n) is 11.5. The molecule has 1 saturated carbocycles. The first-order chi connectivity index (χ1) is 8.12. The van der Waals surface area contributed by atoms with Crippen LogP contribution in [0.5, 0.6) is 0 Å². The minimum Gasteiger partial charge on any atom is -0.481 e. The Labute approximate surface area is 108 Å². The van der Waals surface area contributed by atoms with Crippen molar-refractivity contribution < 1.29 is 14.7 Å². The summed E-state index contributed by atoms with van der Waals surface area (Å²) in [5.41, 5.74) is 5.13. The number of carboxylic acids is 1. The van der Waals surface area contributed by atoms with Gasteiger partial charge in [-0.15, -0.1) is 0 Å². The first-order valence-corrected chi connectivity index (χ1v) is 6.44. The molecule has 18 heavy (non-hydrogen) atoms. The summed E-state index contributed by atoms with van der Waals surface area (Å²) >= 11 is 0. The highest BCUT2D eigenvalue weighted by molar-refractivity contribution is 5.87. The lowest BCUT2D eigenvalue weighted by atomic mass is 9.76. The molecule has 104 valence electrons. The van der Waals surface area contributed by atoms with E-state index in [0.717, 1.165) is 6.42 Å². The first kappa shape index (κ1) is 15.0. The van der Waals surface area contributed by atoms with Crippen LogP contribution in [-0.2, 0) is 9.59 Å². The number of hydrogen-bond donors (Lipinski definition) is 3. The molecule has 1 unspecified atom stereocenters. The van der Waals surface area contributed by atoms with Crippen molar-refractivity contribution in [2.45, 2.75) is 64.5 Å². The molecule has 0 aromatic carbocycles. The topological polar surface area (TPSA) is 92.4 Å². The Hall–Kier alpha value is -1.10. The molecule has 1 rings (SSSR count). The van der Waals surface area contributed by atoms with Gasteiger partial charge in [-0.1, -0.05) is 20.8 Å². The van der Waals surface area contributed by atoms with Gasteiger partial charge in [0.15, 0.2) is 0 Å². The summed E-state index contributed by atoms with van der Waals surface area (Å²) in [6.07, 6.45) is 2.91. The lowest BCUT2D eigenvalue weighted by Crippen LogP contribution is -2.60. The summed E-state index contributed by atoms with van der Waals surface area (Å²) in [7, 11) is 0. The standard InChI is InChI=1S/C13H24N2O3/c1-12(2,3)8-9(7-10(16)17)15-11(18)13(14)5-4-6-13/h9H,4-8,14H2,1-3H3,(H,15,18)(H,16,17). The van der Waals surface area contributed by atoms with Gasteiger partial charge < -0.3 is 16.2 Å². The Morgan fingerprint density at radius 2 is 1.94 bits per heavy atom. The van der Waals surface area contributed by atoms with Gasteiger partial charge in [0.2, 0.25) is 5.91 Å². The minimum atomic E-state index is -0.899. The van der Waals surface area contributed by atoms with Crippen molar-refractivity contribution in [3.05, 3.63) is 0 Å². The number of amides is 1. The SMILES string of the molecule is CC(C)(C)CC(CC(=O)O)NC(=O)C1(N)CCC1. The second-order valence-electron chi connectivity index (χ2n) is 6.54. The van der Waals surface area contributed by atoms with Gasteiger partial charge >= 0.3 is 5.97 Å². The highest BCUT2D eigenvalue weighted by Gasteiger charge is 2.41. The van der Waals surface area contributed by atoms with Crippen molar-refractivity contribution in [3.63, 3.8) is 0 Å². The molecule has 0 aromatic heterocycles. The molecule has 4 N–H and O–H groups in total. The monoisotopic (exact) mass is 256 g/mol. The van der Waals surface area contributed by atoms with Crippen molar-refractivity contribution in [1.82, 2.24) is 5.32 Å². The molecule has 1 atom stereocenters. The number of aliphatic carboxylic acids is 1. The molecular weight excluding hydrogens is 232 g/mol. The highest BCUT2D eigenvalue weighted by atomic mass is 16.4. The molecule has 1 fully saturated rings. The Morgan fingerprint density at radius 1 is 1.39 bits per heavy atom. The van der Waals surface area contributed by atoms with Gasteiger partial charge in [-0.25, -0.2) is 0 Å². The number of carbonyl (C=O) groups excluding carboxylic acids is 1. The first-order valence-electron chi connectivity index (χ1n) is 6.44. The molecular formula is C13H24N2O3. The predicted octanol–water partition coefficient (Wildman–Crippen LogP) is 1.26.